The van der Waals surface area contributed by atoms with Crippen LogP contribution in [0.3, 0.4) is 0 Å². The molecule has 204 valence electrons. The van der Waals surface area contributed by atoms with Crippen LogP contribution in [-0.2, 0) is 0 Å². The van der Waals surface area contributed by atoms with Gasteiger partial charge in [0.25, 0.3) is 5.91 Å². The van der Waals surface area contributed by atoms with Crippen molar-refractivity contribution in [2.45, 2.75) is 6.04 Å². The van der Waals surface area contributed by atoms with Gasteiger partial charge in [0.15, 0.2) is 0 Å². The molecular weight excluding hydrogens is 519 g/mol. The highest BCUT2D eigenvalue weighted by Crippen LogP contribution is 2.38. The molecule has 1 amide bonds. The third kappa shape index (κ3) is 7.63. The molecule has 1 atom stereocenters. The summed E-state index contributed by atoms with van der Waals surface area (Å²) < 4.78 is 44.2. The van der Waals surface area contributed by atoms with Crippen molar-refractivity contribution in [1.82, 2.24) is 10.4 Å². The number of ether oxygens (including phenoxy) is 1. The van der Waals surface area contributed by atoms with Gasteiger partial charge in [0.05, 0.1) is 18.8 Å². The summed E-state index contributed by atoms with van der Waals surface area (Å²) in [4.78, 5) is 13.4. The number of halogens is 4. The van der Waals surface area contributed by atoms with Crippen molar-refractivity contribution in [3.63, 3.8) is 0 Å². The van der Waals surface area contributed by atoms with E-state index >= 15 is 0 Å². The maximum Gasteiger partial charge on any atom is 0.673 e. The first-order valence-corrected chi connectivity index (χ1v) is 12.4. The van der Waals surface area contributed by atoms with Crippen LogP contribution < -0.4 is 10.2 Å². The maximum absolute atomic E-state index is 13.4. The minimum Gasteiger partial charge on any atom is -0.497 e. The molecule has 1 N–H and O–H groups in total. The van der Waals surface area contributed by atoms with Crippen LogP contribution in [0.5, 0.6) is 5.75 Å². The Kier molecular flexibility index (Phi) is 9.06. The van der Waals surface area contributed by atoms with Crippen molar-refractivity contribution in [3.8, 4) is 5.75 Å². The molecule has 0 radical (unpaired) electrons. The Morgan fingerprint density at radius 1 is 0.750 bits per heavy atom. The molecule has 5 rings (SSSR count). The third-order valence-corrected chi connectivity index (χ3v) is 6.06. The Morgan fingerprint density at radius 2 is 1.25 bits per heavy atom. The van der Waals surface area contributed by atoms with Crippen LogP contribution in [0.1, 0.15) is 33.1 Å². The van der Waals surface area contributed by atoms with Crippen molar-refractivity contribution in [1.29, 1.82) is 0 Å². The number of amides is 1. The fraction of sp³-hybridized carbons (Fsp3) is 0.0645. The van der Waals surface area contributed by atoms with Crippen LogP contribution >= 0.6 is 0 Å². The van der Waals surface area contributed by atoms with E-state index in [4.69, 9.17) is 4.74 Å². The van der Waals surface area contributed by atoms with Crippen LogP contribution in [-0.4, -0.2) is 25.3 Å². The Morgan fingerprint density at radius 3 is 1.77 bits per heavy atom. The maximum atomic E-state index is 13.4. The van der Waals surface area contributed by atoms with Crippen LogP contribution in [0.2, 0.25) is 0 Å². The Bertz CT molecular complexity index is 1450. The van der Waals surface area contributed by atoms with Gasteiger partial charge in [0, 0.05) is 5.56 Å². The van der Waals surface area contributed by atoms with Crippen molar-refractivity contribution < 1.29 is 26.8 Å². The number of rotatable bonds is 6. The highest BCUT2D eigenvalue weighted by atomic mass is 19.5. The van der Waals surface area contributed by atoms with Crippen molar-refractivity contribution in [2.75, 3.05) is 7.11 Å². The lowest BCUT2D eigenvalue weighted by molar-refractivity contribution is 0.0837. The lowest BCUT2D eigenvalue weighted by Gasteiger charge is -2.37. The van der Waals surface area contributed by atoms with Crippen LogP contribution in [0, 0.1) is 0 Å². The number of hydrazine groups is 1. The number of carbonyl (C=O) groups is 1. The Balaban J connectivity index is 0.000000681. The quantitative estimate of drug-likeness (QED) is 0.199. The van der Waals surface area contributed by atoms with Gasteiger partial charge in [0.2, 0.25) is 0 Å². The topological polar surface area (TPSA) is 41.6 Å². The predicted molar refractivity (Wildman–Crippen MR) is 151 cm³/mol. The molecule has 1 aliphatic rings. The van der Waals surface area contributed by atoms with Gasteiger partial charge in [-0.2, -0.15) is 0 Å². The minimum absolute atomic E-state index is 0.188. The van der Waals surface area contributed by atoms with Gasteiger partial charge in [-0.1, -0.05) is 91.0 Å². The summed E-state index contributed by atoms with van der Waals surface area (Å²) in [5.74, 6) is 0.522. The normalized spacial score (nSPS) is 14.7. The van der Waals surface area contributed by atoms with Gasteiger partial charge in [-0.3, -0.25) is 15.2 Å². The molecule has 1 unspecified atom stereocenters. The molecule has 0 saturated heterocycles. The van der Waals surface area contributed by atoms with E-state index in [2.05, 4.69) is 54.0 Å². The van der Waals surface area contributed by atoms with Crippen molar-refractivity contribution >= 4 is 24.4 Å². The number of methoxy groups -OCH3 is 1. The largest absolute Gasteiger partial charge is 0.673 e. The van der Waals surface area contributed by atoms with E-state index in [1.807, 2.05) is 59.6 Å². The summed E-state index contributed by atoms with van der Waals surface area (Å²) in [6, 6.07) is 37.6. The van der Waals surface area contributed by atoms with Crippen molar-refractivity contribution in [3.05, 3.63) is 150 Å². The molecular formula is C31H26BF4N2O2-. The predicted octanol–water partition coefficient (Wildman–Crippen LogP) is 7.82. The Hall–Kier alpha value is -4.79. The average molecular weight is 545 g/mol. The van der Waals surface area contributed by atoms with Gasteiger partial charge in [-0.05, 0) is 58.7 Å². The summed E-state index contributed by atoms with van der Waals surface area (Å²) in [6.07, 6.45) is 4.34. The zero-order valence-electron chi connectivity index (χ0n) is 21.6. The van der Waals surface area contributed by atoms with Crippen LogP contribution in [0.4, 0.5) is 17.3 Å². The fourth-order valence-electron chi connectivity index (χ4n) is 4.24. The van der Waals surface area contributed by atoms with Crippen LogP contribution in [0.25, 0.3) is 11.3 Å². The number of hydrogen-bond acceptors (Lipinski definition) is 3. The van der Waals surface area contributed by atoms with E-state index in [0.717, 1.165) is 28.0 Å². The lowest BCUT2D eigenvalue weighted by atomic mass is 9.92. The second-order valence-corrected chi connectivity index (χ2v) is 8.77. The van der Waals surface area contributed by atoms with E-state index in [1.165, 1.54) is 0 Å². The fourth-order valence-corrected chi connectivity index (χ4v) is 4.24. The lowest BCUT2D eigenvalue weighted by Crippen LogP contribution is -2.44. The number of allylic oxidation sites excluding steroid dienone is 2. The highest BCUT2D eigenvalue weighted by Gasteiger charge is 2.28. The molecule has 9 heteroatoms. The van der Waals surface area contributed by atoms with Gasteiger partial charge < -0.3 is 22.0 Å². The van der Waals surface area contributed by atoms with E-state index in [1.54, 1.807) is 31.4 Å². The first-order valence-electron chi connectivity index (χ1n) is 12.4. The number of nitrogens with one attached hydrogen (secondary N) is 1. The summed E-state index contributed by atoms with van der Waals surface area (Å²) in [6.45, 7) is 0. The second-order valence-electron chi connectivity index (χ2n) is 8.77. The molecule has 0 saturated carbocycles. The molecule has 4 aromatic carbocycles. The minimum atomic E-state index is -6.00. The van der Waals surface area contributed by atoms with Gasteiger partial charge >= 0.3 is 7.25 Å². The van der Waals surface area contributed by atoms with Crippen LogP contribution in [0.15, 0.2) is 127 Å². The molecule has 1 heterocycles. The van der Waals surface area contributed by atoms with E-state index < -0.39 is 7.25 Å². The number of nitrogens with zero attached hydrogens (tertiary/aromatic N) is 1. The van der Waals surface area contributed by atoms with Gasteiger partial charge in [-0.25, -0.2) is 0 Å². The third-order valence-electron chi connectivity index (χ3n) is 6.06. The summed E-state index contributed by atoms with van der Waals surface area (Å²) >= 11 is 0. The monoisotopic (exact) mass is 545 g/mol. The number of benzene rings is 4. The number of carbonyl (C=O) groups excluding carboxylic acids is 1. The first kappa shape index (κ1) is 28.2. The molecule has 0 fully saturated rings. The molecule has 1 aliphatic heterocycles. The zero-order valence-corrected chi connectivity index (χ0v) is 21.6. The van der Waals surface area contributed by atoms with Gasteiger partial charge in [0.1, 0.15) is 5.75 Å². The molecule has 4 nitrogen and oxygen atoms in total. The molecule has 0 aromatic heterocycles. The smallest absolute Gasteiger partial charge is 0.497 e. The Labute approximate surface area is 230 Å². The van der Waals surface area contributed by atoms with Gasteiger partial charge in [-0.15, -0.1) is 0 Å². The molecule has 40 heavy (non-hydrogen) atoms. The zero-order chi connectivity index (χ0) is 28.5. The SMILES string of the molecule is COc1ccc(C(=O)NN2C(c3ccccc3)=CC(c3ccccc3)=CC2c2ccccc2)cc1.F[B-](F)(F)F. The number of hydrogen-bond donors (Lipinski definition) is 1. The summed E-state index contributed by atoms with van der Waals surface area (Å²) in [5.41, 5.74) is 8.99. The first-order chi connectivity index (χ1) is 19.2. The summed E-state index contributed by atoms with van der Waals surface area (Å²) in [5, 5.41) is 1.96. The van der Waals surface area contributed by atoms with Crippen molar-refractivity contribution in [2.24, 2.45) is 0 Å². The average Bonchev–Trinajstić information content (AvgIpc) is 2.97. The molecule has 0 bridgehead atoms. The second kappa shape index (κ2) is 12.8. The molecule has 0 spiro atoms. The molecule has 0 aliphatic carbocycles. The van der Waals surface area contributed by atoms with E-state index in [9.17, 15) is 22.1 Å². The molecule has 4 aromatic rings. The standard InChI is InChI=1S/C31H26N2O2.BF4/c1-35-28-19-17-26(18-20-28)31(34)32-33-29(24-13-7-3-8-14-24)21-27(23-11-5-2-6-12-23)22-30(33)25-15-9-4-10-16-25;2-1(3,4)5/h2-22,29H,1H3,(H,32,34);/q;-1. The highest BCUT2D eigenvalue weighted by molar-refractivity contribution is 6.50. The summed E-state index contributed by atoms with van der Waals surface area (Å²) in [7, 11) is -4.39. The van der Waals surface area contributed by atoms with E-state index in [0.29, 0.717) is 11.3 Å². The van der Waals surface area contributed by atoms with E-state index in [-0.39, 0.29) is 11.9 Å².